The summed E-state index contributed by atoms with van der Waals surface area (Å²) in [6.07, 6.45) is 4.81. The Morgan fingerprint density at radius 2 is 2.19 bits per heavy atom. The first-order valence-electron chi connectivity index (χ1n) is 6.12. The molecular weight excluding hydrogens is 224 g/mol. The van der Waals surface area contributed by atoms with Gasteiger partial charge >= 0.3 is 5.97 Å². The second kappa shape index (κ2) is 3.64. The Hall–Kier alpha value is -0.220. The van der Waals surface area contributed by atoms with Crippen molar-refractivity contribution < 1.29 is 14.6 Å². The molecule has 0 aromatic carbocycles. The number of carbonyl (C=O) groups is 1. The summed E-state index contributed by atoms with van der Waals surface area (Å²) >= 11 is 1.95. The highest BCUT2D eigenvalue weighted by Gasteiger charge is 2.58. The molecule has 0 aromatic heterocycles. The third-order valence-corrected chi connectivity index (χ3v) is 5.78. The van der Waals surface area contributed by atoms with Crippen LogP contribution in [0.3, 0.4) is 0 Å². The SMILES string of the molecule is O=C(O)C1(C2CCOC3(CCSC3)C2)CC1. The Kier molecular flexibility index (Phi) is 2.48. The van der Waals surface area contributed by atoms with E-state index < -0.39 is 5.97 Å². The highest BCUT2D eigenvalue weighted by Crippen LogP contribution is 2.58. The Labute approximate surface area is 99.9 Å². The minimum atomic E-state index is -0.569. The van der Waals surface area contributed by atoms with Crippen LogP contribution in [0.4, 0.5) is 0 Å². The second-order valence-corrected chi connectivity index (χ2v) is 6.59. The summed E-state index contributed by atoms with van der Waals surface area (Å²) in [4.78, 5) is 11.3. The lowest BCUT2D eigenvalue weighted by atomic mass is 9.76. The van der Waals surface area contributed by atoms with E-state index in [1.165, 1.54) is 5.75 Å². The Balaban J connectivity index is 1.75. The maximum atomic E-state index is 11.3. The van der Waals surface area contributed by atoms with Gasteiger partial charge in [0.25, 0.3) is 0 Å². The fourth-order valence-corrected chi connectivity index (χ4v) is 4.67. The Morgan fingerprint density at radius 3 is 2.75 bits per heavy atom. The maximum Gasteiger partial charge on any atom is 0.309 e. The summed E-state index contributed by atoms with van der Waals surface area (Å²) in [6.45, 7) is 0.764. The van der Waals surface area contributed by atoms with Crippen molar-refractivity contribution >= 4 is 17.7 Å². The second-order valence-electron chi connectivity index (χ2n) is 5.49. The monoisotopic (exact) mass is 242 g/mol. The van der Waals surface area contributed by atoms with Crippen LogP contribution in [-0.2, 0) is 9.53 Å². The number of carboxylic acid groups (broad SMARTS) is 1. The highest BCUT2D eigenvalue weighted by atomic mass is 32.2. The molecule has 3 rings (SSSR count). The molecular formula is C12H18O3S. The Morgan fingerprint density at radius 1 is 1.38 bits per heavy atom. The topological polar surface area (TPSA) is 46.5 Å². The van der Waals surface area contributed by atoms with Gasteiger partial charge in [0, 0.05) is 12.4 Å². The van der Waals surface area contributed by atoms with Crippen LogP contribution < -0.4 is 0 Å². The first-order valence-corrected chi connectivity index (χ1v) is 7.28. The van der Waals surface area contributed by atoms with Crippen molar-refractivity contribution in [2.24, 2.45) is 11.3 Å². The molecule has 3 aliphatic rings. The van der Waals surface area contributed by atoms with E-state index in [2.05, 4.69) is 0 Å². The summed E-state index contributed by atoms with van der Waals surface area (Å²) in [5, 5.41) is 9.34. The van der Waals surface area contributed by atoms with E-state index in [9.17, 15) is 9.90 Å². The van der Waals surface area contributed by atoms with Crippen LogP contribution in [0.2, 0.25) is 0 Å². The van der Waals surface area contributed by atoms with E-state index in [1.807, 2.05) is 11.8 Å². The standard InChI is InChI=1S/C12H18O3S/c13-10(14)12(2-3-12)9-1-5-15-11(7-9)4-6-16-8-11/h9H,1-8H2,(H,13,14). The zero-order valence-electron chi connectivity index (χ0n) is 9.41. The van der Waals surface area contributed by atoms with E-state index in [4.69, 9.17) is 4.74 Å². The van der Waals surface area contributed by atoms with Crippen LogP contribution in [0.5, 0.6) is 0 Å². The molecule has 16 heavy (non-hydrogen) atoms. The van der Waals surface area contributed by atoms with Crippen LogP contribution in [0.25, 0.3) is 0 Å². The van der Waals surface area contributed by atoms with E-state index in [0.29, 0.717) is 5.92 Å². The van der Waals surface area contributed by atoms with Crippen molar-refractivity contribution in [2.75, 3.05) is 18.1 Å². The molecule has 0 amide bonds. The zero-order chi connectivity index (χ0) is 11.2. The van der Waals surface area contributed by atoms with E-state index in [1.54, 1.807) is 0 Å². The first kappa shape index (κ1) is 10.9. The molecule has 2 heterocycles. The number of ether oxygens (including phenoxy) is 1. The van der Waals surface area contributed by atoms with Gasteiger partial charge in [-0.1, -0.05) is 0 Å². The molecule has 0 bridgehead atoms. The minimum Gasteiger partial charge on any atom is -0.481 e. The molecule has 3 fully saturated rings. The van der Waals surface area contributed by atoms with Gasteiger partial charge in [-0.05, 0) is 43.8 Å². The molecule has 3 nitrogen and oxygen atoms in total. The first-order chi connectivity index (χ1) is 7.67. The zero-order valence-corrected chi connectivity index (χ0v) is 10.2. The average molecular weight is 242 g/mol. The van der Waals surface area contributed by atoms with Gasteiger partial charge < -0.3 is 9.84 Å². The fraction of sp³-hybridized carbons (Fsp3) is 0.917. The van der Waals surface area contributed by atoms with E-state index in [0.717, 1.165) is 44.5 Å². The van der Waals surface area contributed by atoms with Crippen molar-refractivity contribution in [2.45, 2.75) is 37.7 Å². The summed E-state index contributed by atoms with van der Waals surface area (Å²) in [5.41, 5.74) is -0.345. The van der Waals surface area contributed by atoms with E-state index >= 15 is 0 Å². The summed E-state index contributed by atoms with van der Waals surface area (Å²) < 4.78 is 5.95. The summed E-state index contributed by atoms with van der Waals surface area (Å²) in [7, 11) is 0. The van der Waals surface area contributed by atoms with Gasteiger partial charge in [-0.2, -0.15) is 11.8 Å². The van der Waals surface area contributed by atoms with Crippen LogP contribution >= 0.6 is 11.8 Å². The quantitative estimate of drug-likeness (QED) is 0.806. The third-order valence-electron chi connectivity index (χ3n) is 4.56. The van der Waals surface area contributed by atoms with E-state index in [-0.39, 0.29) is 11.0 Å². The van der Waals surface area contributed by atoms with Crippen LogP contribution in [0.15, 0.2) is 0 Å². The molecule has 0 radical (unpaired) electrons. The molecule has 90 valence electrons. The van der Waals surface area contributed by atoms with Crippen molar-refractivity contribution in [3.63, 3.8) is 0 Å². The summed E-state index contributed by atoms with van der Waals surface area (Å²) in [6, 6.07) is 0. The van der Waals surface area contributed by atoms with Crippen molar-refractivity contribution in [1.82, 2.24) is 0 Å². The minimum absolute atomic E-state index is 0.0264. The van der Waals surface area contributed by atoms with Gasteiger partial charge in [0.1, 0.15) is 0 Å². The molecule has 2 atom stereocenters. The normalized spacial score (nSPS) is 41.1. The maximum absolute atomic E-state index is 11.3. The fourth-order valence-electron chi connectivity index (χ4n) is 3.29. The average Bonchev–Trinajstić information content (AvgIpc) is 2.98. The number of carboxylic acids is 1. The summed E-state index contributed by atoms with van der Waals surface area (Å²) in [5.74, 6) is 2.03. The number of hydrogen-bond acceptors (Lipinski definition) is 3. The molecule has 4 heteroatoms. The lowest BCUT2D eigenvalue weighted by Crippen LogP contribution is -2.43. The molecule has 1 spiro atoms. The lowest BCUT2D eigenvalue weighted by Gasteiger charge is -2.40. The number of hydrogen-bond donors (Lipinski definition) is 1. The number of rotatable bonds is 2. The molecule has 2 unspecified atom stereocenters. The molecule has 2 saturated heterocycles. The molecule has 1 aliphatic carbocycles. The molecule has 1 saturated carbocycles. The predicted molar refractivity (Wildman–Crippen MR) is 62.7 cm³/mol. The van der Waals surface area contributed by atoms with Gasteiger partial charge in [-0.3, -0.25) is 4.79 Å². The molecule has 0 aromatic rings. The molecule has 2 aliphatic heterocycles. The van der Waals surface area contributed by atoms with Crippen molar-refractivity contribution in [1.29, 1.82) is 0 Å². The van der Waals surface area contributed by atoms with Crippen LogP contribution in [-0.4, -0.2) is 34.8 Å². The van der Waals surface area contributed by atoms with Gasteiger partial charge in [0.15, 0.2) is 0 Å². The Bertz CT molecular complexity index is 305. The largest absolute Gasteiger partial charge is 0.481 e. The van der Waals surface area contributed by atoms with Crippen LogP contribution in [0.1, 0.15) is 32.1 Å². The number of aliphatic carboxylic acids is 1. The predicted octanol–water partition coefficient (Wildman–Crippen LogP) is 2.15. The highest BCUT2D eigenvalue weighted by molar-refractivity contribution is 7.99. The van der Waals surface area contributed by atoms with Gasteiger partial charge in [0.2, 0.25) is 0 Å². The lowest BCUT2D eigenvalue weighted by molar-refractivity contribution is -0.151. The molecule has 1 N–H and O–H groups in total. The van der Waals surface area contributed by atoms with Gasteiger partial charge in [-0.15, -0.1) is 0 Å². The number of thioether (sulfide) groups is 1. The van der Waals surface area contributed by atoms with Gasteiger partial charge in [-0.25, -0.2) is 0 Å². The van der Waals surface area contributed by atoms with Crippen LogP contribution in [0, 0.1) is 11.3 Å². The van der Waals surface area contributed by atoms with Gasteiger partial charge in [0.05, 0.1) is 11.0 Å². The third kappa shape index (κ3) is 1.58. The van der Waals surface area contributed by atoms with Crippen molar-refractivity contribution in [3.05, 3.63) is 0 Å². The smallest absolute Gasteiger partial charge is 0.309 e. The van der Waals surface area contributed by atoms with Crippen molar-refractivity contribution in [3.8, 4) is 0 Å².